The van der Waals surface area contributed by atoms with E-state index in [9.17, 15) is 8.78 Å². The van der Waals surface area contributed by atoms with Crippen LogP contribution in [0.25, 0.3) is 39.1 Å². The summed E-state index contributed by atoms with van der Waals surface area (Å²) < 4.78 is 29.4. The molecule has 0 spiro atoms. The van der Waals surface area contributed by atoms with E-state index in [4.69, 9.17) is 5.73 Å². The first-order valence-corrected chi connectivity index (χ1v) is 8.92. The van der Waals surface area contributed by atoms with Crippen molar-refractivity contribution in [3.63, 3.8) is 0 Å². The summed E-state index contributed by atoms with van der Waals surface area (Å²) in [4.78, 5) is 4.49. The fourth-order valence-corrected chi connectivity index (χ4v) is 3.45. The molecule has 2 heterocycles. The number of nitrogen functional groups attached to an aromatic ring is 1. The maximum Gasteiger partial charge on any atom is 0.133 e. The van der Waals surface area contributed by atoms with Crippen LogP contribution in [0.15, 0.2) is 73.2 Å². The quantitative estimate of drug-likeness (QED) is 0.431. The average molecular weight is 387 g/mol. The maximum absolute atomic E-state index is 14.3. The summed E-state index contributed by atoms with van der Waals surface area (Å²) in [6.07, 6.45) is 3.46. The number of imidazole rings is 1. The zero-order valence-corrected chi connectivity index (χ0v) is 15.1. The average Bonchev–Trinajstić information content (AvgIpc) is 3.37. The molecular weight excluding hydrogens is 372 g/mol. The highest BCUT2D eigenvalue weighted by molar-refractivity contribution is 5.83. The number of nitrogens with two attached hydrogens (primary N) is 1. The van der Waals surface area contributed by atoms with E-state index in [2.05, 4.69) is 15.2 Å². The van der Waals surface area contributed by atoms with E-state index in [1.54, 1.807) is 30.7 Å². The molecule has 2 aromatic heterocycles. The van der Waals surface area contributed by atoms with Crippen LogP contribution in [0.1, 0.15) is 0 Å². The predicted octanol–water partition coefficient (Wildman–Crippen LogP) is 4.94. The van der Waals surface area contributed by atoms with Crippen LogP contribution in [-0.2, 0) is 0 Å². The number of hydrogen-bond acceptors (Lipinski definition) is 3. The molecule has 0 aliphatic rings. The van der Waals surface area contributed by atoms with Crippen LogP contribution in [-0.4, -0.2) is 19.7 Å². The van der Waals surface area contributed by atoms with E-state index in [0.717, 1.165) is 34.0 Å². The van der Waals surface area contributed by atoms with Gasteiger partial charge in [0.1, 0.15) is 18.0 Å². The molecule has 29 heavy (non-hydrogen) atoms. The zero-order chi connectivity index (χ0) is 20.0. The van der Waals surface area contributed by atoms with Crippen molar-refractivity contribution in [2.24, 2.45) is 0 Å². The van der Waals surface area contributed by atoms with Crippen LogP contribution >= 0.6 is 0 Å². The number of aromatic nitrogens is 4. The lowest BCUT2D eigenvalue weighted by Gasteiger charge is -2.10. The van der Waals surface area contributed by atoms with E-state index in [1.807, 2.05) is 28.8 Å². The highest BCUT2D eigenvalue weighted by atomic mass is 19.1. The van der Waals surface area contributed by atoms with E-state index in [0.29, 0.717) is 11.3 Å². The van der Waals surface area contributed by atoms with Crippen molar-refractivity contribution >= 4 is 16.7 Å². The lowest BCUT2D eigenvalue weighted by Crippen LogP contribution is -1.97. The lowest BCUT2D eigenvalue weighted by atomic mass is 10.0. The molecule has 0 bridgehead atoms. The van der Waals surface area contributed by atoms with Crippen LogP contribution < -0.4 is 5.73 Å². The first-order chi connectivity index (χ1) is 14.1. The molecule has 0 saturated heterocycles. The Bertz CT molecular complexity index is 1340. The number of fused-ring (bicyclic) bond motifs is 1. The summed E-state index contributed by atoms with van der Waals surface area (Å²) in [5, 5.41) is 6.99. The second-order valence-electron chi connectivity index (χ2n) is 6.71. The molecule has 0 radical (unpaired) electrons. The van der Waals surface area contributed by atoms with Crippen LogP contribution in [0.3, 0.4) is 0 Å². The van der Waals surface area contributed by atoms with Crippen LogP contribution in [0, 0.1) is 11.6 Å². The third kappa shape index (κ3) is 3.02. The SMILES string of the molecule is Nc1cc(-c2ccc(F)cc2F)cc(-n2cnc3cc(-c4cc[nH]n4)ccc32)c1. The molecule has 0 aliphatic heterocycles. The Hall–Kier alpha value is -4.00. The molecule has 142 valence electrons. The Morgan fingerprint density at radius 3 is 2.59 bits per heavy atom. The van der Waals surface area contributed by atoms with Crippen LogP contribution in [0.5, 0.6) is 0 Å². The van der Waals surface area contributed by atoms with Gasteiger partial charge in [-0.15, -0.1) is 0 Å². The fourth-order valence-electron chi connectivity index (χ4n) is 3.45. The van der Waals surface area contributed by atoms with Crippen molar-refractivity contribution in [1.82, 2.24) is 19.7 Å². The number of H-pyrrole nitrogens is 1. The minimum Gasteiger partial charge on any atom is -0.399 e. The first kappa shape index (κ1) is 17.1. The van der Waals surface area contributed by atoms with Gasteiger partial charge in [0.05, 0.1) is 16.7 Å². The number of aromatic amines is 1. The Labute approximate surface area is 164 Å². The van der Waals surface area contributed by atoms with Gasteiger partial charge in [0.25, 0.3) is 0 Å². The normalized spacial score (nSPS) is 11.2. The molecule has 0 amide bonds. The van der Waals surface area contributed by atoms with Gasteiger partial charge in [0.15, 0.2) is 0 Å². The van der Waals surface area contributed by atoms with E-state index < -0.39 is 11.6 Å². The van der Waals surface area contributed by atoms with Gasteiger partial charge < -0.3 is 5.73 Å². The Morgan fingerprint density at radius 1 is 0.897 bits per heavy atom. The van der Waals surface area contributed by atoms with E-state index in [-0.39, 0.29) is 5.56 Å². The van der Waals surface area contributed by atoms with Gasteiger partial charge in [-0.1, -0.05) is 6.07 Å². The van der Waals surface area contributed by atoms with Crippen molar-refractivity contribution in [3.05, 3.63) is 84.8 Å². The molecule has 3 aromatic carbocycles. The zero-order valence-electron chi connectivity index (χ0n) is 15.1. The number of rotatable bonds is 3. The smallest absolute Gasteiger partial charge is 0.133 e. The fraction of sp³-hybridized carbons (Fsp3) is 0. The van der Waals surface area contributed by atoms with Gasteiger partial charge in [-0.05, 0) is 54.1 Å². The van der Waals surface area contributed by atoms with E-state index >= 15 is 0 Å². The number of hydrogen-bond donors (Lipinski definition) is 2. The third-order valence-corrected chi connectivity index (χ3v) is 4.80. The first-order valence-electron chi connectivity index (χ1n) is 8.92. The van der Waals surface area contributed by atoms with Crippen molar-refractivity contribution in [3.8, 4) is 28.1 Å². The van der Waals surface area contributed by atoms with Gasteiger partial charge in [-0.3, -0.25) is 9.67 Å². The second kappa shape index (κ2) is 6.56. The molecule has 7 heteroatoms. The Balaban J connectivity index is 1.62. The number of benzene rings is 3. The molecule has 0 saturated carbocycles. The highest BCUT2D eigenvalue weighted by Crippen LogP contribution is 2.30. The number of anilines is 1. The predicted molar refractivity (Wildman–Crippen MR) is 108 cm³/mol. The summed E-state index contributed by atoms with van der Waals surface area (Å²) >= 11 is 0. The number of halogens is 2. The van der Waals surface area contributed by atoms with Gasteiger partial charge in [0, 0.05) is 34.8 Å². The number of nitrogens with one attached hydrogen (secondary N) is 1. The molecular formula is C22H15F2N5. The topological polar surface area (TPSA) is 72.5 Å². The van der Waals surface area contributed by atoms with Gasteiger partial charge in [-0.25, -0.2) is 13.8 Å². The molecule has 5 rings (SSSR count). The summed E-state index contributed by atoms with van der Waals surface area (Å²) in [5.74, 6) is -1.26. The van der Waals surface area contributed by atoms with Crippen LogP contribution in [0.4, 0.5) is 14.5 Å². The Morgan fingerprint density at radius 2 is 1.79 bits per heavy atom. The minimum absolute atomic E-state index is 0.283. The maximum atomic E-state index is 14.3. The second-order valence-corrected chi connectivity index (χ2v) is 6.71. The van der Waals surface area contributed by atoms with Gasteiger partial charge in [0.2, 0.25) is 0 Å². The monoisotopic (exact) mass is 387 g/mol. The van der Waals surface area contributed by atoms with Crippen molar-refractivity contribution in [2.45, 2.75) is 0 Å². The molecule has 0 atom stereocenters. The Kier molecular flexibility index (Phi) is 3.87. The van der Waals surface area contributed by atoms with Crippen molar-refractivity contribution in [2.75, 3.05) is 5.73 Å². The van der Waals surface area contributed by atoms with E-state index in [1.165, 1.54) is 12.1 Å². The summed E-state index contributed by atoms with van der Waals surface area (Å²) in [6, 6.07) is 16.5. The summed E-state index contributed by atoms with van der Waals surface area (Å²) in [6.45, 7) is 0. The van der Waals surface area contributed by atoms with Crippen molar-refractivity contribution < 1.29 is 8.78 Å². The molecule has 0 fully saturated rings. The minimum atomic E-state index is -0.638. The largest absolute Gasteiger partial charge is 0.399 e. The molecule has 5 nitrogen and oxygen atoms in total. The third-order valence-electron chi connectivity index (χ3n) is 4.80. The summed E-state index contributed by atoms with van der Waals surface area (Å²) in [5.41, 5.74) is 11.6. The molecule has 5 aromatic rings. The highest BCUT2D eigenvalue weighted by Gasteiger charge is 2.12. The standard InChI is InChI=1S/C22H15F2N5/c23-15-2-3-18(19(24)10-15)14-7-16(25)11-17(8-14)29-12-26-21-9-13(1-4-22(21)29)20-5-6-27-28-20/h1-12H,25H2,(H,27,28). The molecule has 0 aliphatic carbocycles. The molecule has 3 N–H and O–H groups in total. The van der Waals surface area contributed by atoms with Gasteiger partial charge in [-0.2, -0.15) is 5.10 Å². The number of nitrogens with zero attached hydrogens (tertiary/aromatic N) is 3. The summed E-state index contributed by atoms with van der Waals surface area (Å²) in [7, 11) is 0. The van der Waals surface area contributed by atoms with Crippen LogP contribution in [0.2, 0.25) is 0 Å². The molecule has 0 unspecified atom stereocenters. The van der Waals surface area contributed by atoms with Gasteiger partial charge >= 0.3 is 0 Å². The lowest BCUT2D eigenvalue weighted by molar-refractivity contribution is 0.585. The van der Waals surface area contributed by atoms with Crippen molar-refractivity contribution in [1.29, 1.82) is 0 Å².